The summed E-state index contributed by atoms with van der Waals surface area (Å²) in [6.07, 6.45) is 3.31. The monoisotopic (exact) mass is 246 g/mol. The van der Waals surface area contributed by atoms with Crippen LogP contribution in [0.15, 0.2) is 42.7 Å². The molecule has 0 bridgehead atoms. The number of hydrogen-bond donors (Lipinski definition) is 2. The average Bonchev–Trinajstić information content (AvgIpc) is 2.35. The summed E-state index contributed by atoms with van der Waals surface area (Å²) >= 11 is 0. The fraction of sp³-hybridized carbons (Fsp3) is 0.0769. The van der Waals surface area contributed by atoms with Gasteiger partial charge in [0.1, 0.15) is 11.6 Å². The maximum Gasteiger partial charge on any atom is 0.228 e. The molecule has 5 heteroatoms. The van der Waals surface area contributed by atoms with Crippen LogP contribution < -0.4 is 5.32 Å². The molecule has 0 aliphatic heterocycles. The molecule has 0 atom stereocenters. The third kappa shape index (κ3) is 3.04. The molecule has 0 saturated heterocycles. The number of nitrogens with zero attached hydrogens (tertiary/aromatic N) is 1. The molecule has 1 aromatic heterocycles. The summed E-state index contributed by atoms with van der Waals surface area (Å²) in [5, 5.41) is 11.9. The molecule has 2 N–H and O–H groups in total. The number of aromatic hydroxyl groups is 1. The molecule has 1 heterocycles. The van der Waals surface area contributed by atoms with Crippen LogP contribution in [0, 0.1) is 5.82 Å². The van der Waals surface area contributed by atoms with Crippen LogP contribution in [-0.4, -0.2) is 16.0 Å². The van der Waals surface area contributed by atoms with Gasteiger partial charge in [-0.2, -0.15) is 0 Å². The number of phenolic OH excluding ortho intramolecular Hbond substituents is 1. The Morgan fingerprint density at radius 3 is 2.72 bits per heavy atom. The van der Waals surface area contributed by atoms with Gasteiger partial charge in [0.25, 0.3) is 0 Å². The van der Waals surface area contributed by atoms with Crippen molar-refractivity contribution in [1.29, 1.82) is 0 Å². The van der Waals surface area contributed by atoms with Gasteiger partial charge in [-0.3, -0.25) is 9.78 Å². The Bertz CT molecular complexity index is 558. The number of anilines is 1. The second-order valence-corrected chi connectivity index (χ2v) is 3.74. The Balaban J connectivity index is 2.05. The molecule has 1 aromatic carbocycles. The van der Waals surface area contributed by atoms with Crippen LogP contribution in [0.2, 0.25) is 0 Å². The van der Waals surface area contributed by atoms with Crippen molar-refractivity contribution in [1.82, 2.24) is 4.98 Å². The zero-order valence-electron chi connectivity index (χ0n) is 9.43. The molecule has 0 unspecified atom stereocenters. The van der Waals surface area contributed by atoms with Gasteiger partial charge in [-0.15, -0.1) is 0 Å². The molecule has 2 rings (SSSR count). The summed E-state index contributed by atoms with van der Waals surface area (Å²) in [5.41, 5.74) is 0.854. The molecule has 0 aliphatic carbocycles. The zero-order chi connectivity index (χ0) is 13.0. The number of halogens is 1. The molecule has 2 aromatic rings. The molecule has 0 saturated carbocycles. The molecule has 92 valence electrons. The van der Waals surface area contributed by atoms with E-state index in [2.05, 4.69) is 10.3 Å². The number of rotatable bonds is 3. The second kappa shape index (κ2) is 5.27. The Labute approximate surface area is 103 Å². The first-order chi connectivity index (χ1) is 8.65. The van der Waals surface area contributed by atoms with Crippen molar-refractivity contribution >= 4 is 11.6 Å². The van der Waals surface area contributed by atoms with Crippen LogP contribution in [0.3, 0.4) is 0 Å². The number of benzene rings is 1. The van der Waals surface area contributed by atoms with Gasteiger partial charge < -0.3 is 10.4 Å². The lowest BCUT2D eigenvalue weighted by Gasteiger charge is -2.07. The van der Waals surface area contributed by atoms with E-state index in [0.29, 0.717) is 0 Å². The maximum atomic E-state index is 13.0. The first-order valence-corrected chi connectivity index (χ1v) is 5.32. The third-order valence-electron chi connectivity index (χ3n) is 2.35. The van der Waals surface area contributed by atoms with Gasteiger partial charge in [-0.1, -0.05) is 0 Å². The van der Waals surface area contributed by atoms with Crippen LogP contribution in [0.4, 0.5) is 10.1 Å². The number of carbonyl (C=O) groups is 1. The van der Waals surface area contributed by atoms with E-state index in [4.69, 9.17) is 0 Å². The van der Waals surface area contributed by atoms with Crippen molar-refractivity contribution in [3.8, 4) is 5.75 Å². The largest absolute Gasteiger partial charge is 0.506 e. The first-order valence-electron chi connectivity index (χ1n) is 5.32. The van der Waals surface area contributed by atoms with Gasteiger partial charge in [0.15, 0.2) is 0 Å². The summed E-state index contributed by atoms with van der Waals surface area (Å²) in [6, 6.07) is 6.81. The van der Waals surface area contributed by atoms with Crippen LogP contribution in [-0.2, 0) is 11.2 Å². The lowest BCUT2D eigenvalue weighted by Crippen LogP contribution is -2.14. The van der Waals surface area contributed by atoms with E-state index < -0.39 is 5.82 Å². The van der Waals surface area contributed by atoms with Crippen molar-refractivity contribution < 1.29 is 14.3 Å². The van der Waals surface area contributed by atoms with Gasteiger partial charge in [-0.05, 0) is 29.8 Å². The lowest BCUT2D eigenvalue weighted by atomic mass is 10.2. The molecular formula is C13H11FN2O2. The minimum absolute atomic E-state index is 0.0639. The Kier molecular flexibility index (Phi) is 3.52. The topological polar surface area (TPSA) is 62.2 Å². The molecule has 0 spiro atoms. The number of nitrogens with one attached hydrogen (secondary N) is 1. The van der Waals surface area contributed by atoms with E-state index in [1.54, 1.807) is 24.5 Å². The van der Waals surface area contributed by atoms with Crippen molar-refractivity contribution in [3.05, 3.63) is 54.1 Å². The van der Waals surface area contributed by atoms with E-state index in [1.165, 1.54) is 6.07 Å². The summed E-state index contributed by atoms with van der Waals surface area (Å²) in [6.45, 7) is 0. The zero-order valence-corrected chi connectivity index (χ0v) is 9.43. The number of pyridine rings is 1. The predicted octanol–water partition coefficient (Wildman–Crippen LogP) is 2.11. The molecule has 1 amide bonds. The smallest absolute Gasteiger partial charge is 0.228 e. The van der Waals surface area contributed by atoms with Crippen molar-refractivity contribution in [2.75, 3.05) is 5.32 Å². The predicted molar refractivity (Wildman–Crippen MR) is 64.6 cm³/mol. The van der Waals surface area contributed by atoms with E-state index in [1.807, 2.05) is 0 Å². The van der Waals surface area contributed by atoms with Crippen molar-refractivity contribution in [2.24, 2.45) is 0 Å². The average molecular weight is 246 g/mol. The molecule has 0 fully saturated rings. The number of phenols is 1. The number of amides is 1. The minimum Gasteiger partial charge on any atom is -0.506 e. The molecule has 18 heavy (non-hydrogen) atoms. The quantitative estimate of drug-likeness (QED) is 0.815. The summed E-state index contributed by atoms with van der Waals surface area (Å²) < 4.78 is 13.0. The molecule has 0 radical (unpaired) electrons. The van der Waals surface area contributed by atoms with Crippen LogP contribution in [0.1, 0.15) is 5.56 Å². The minimum atomic E-state index is -0.521. The van der Waals surface area contributed by atoms with E-state index >= 15 is 0 Å². The Morgan fingerprint density at radius 1 is 1.28 bits per heavy atom. The Morgan fingerprint density at radius 2 is 2.00 bits per heavy atom. The highest BCUT2D eigenvalue weighted by Crippen LogP contribution is 2.23. The highest BCUT2D eigenvalue weighted by atomic mass is 19.1. The van der Waals surface area contributed by atoms with Crippen LogP contribution in [0.5, 0.6) is 5.75 Å². The third-order valence-corrected chi connectivity index (χ3v) is 2.35. The Hall–Kier alpha value is -2.43. The summed E-state index contributed by atoms with van der Waals surface area (Å²) in [5.74, 6) is -1.02. The van der Waals surface area contributed by atoms with Crippen molar-refractivity contribution in [2.45, 2.75) is 6.42 Å². The summed E-state index contributed by atoms with van der Waals surface area (Å²) in [4.78, 5) is 15.5. The van der Waals surface area contributed by atoms with E-state index in [0.717, 1.165) is 17.7 Å². The summed E-state index contributed by atoms with van der Waals surface area (Å²) in [7, 11) is 0. The first kappa shape index (κ1) is 12.0. The van der Waals surface area contributed by atoms with E-state index in [9.17, 15) is 14.3 Å². The van der Waals surface area contributed by atoms with Crippen LogP contribution in [0.25, 0.3) is 0 Å². The number of carbonyl (C=O) groups excluding carboxylic acids is 1. The lowest BCUT2D eigenvalue weighted by molar-refractivity contribution is -0.115. The molecule has 0 aliphatic rings. The van der Waals surface area contributed by atoms with E-state index in [-0.39, 0.29) is 23.8 Å². The normalized spacial score (nSPS) is 10.1. The van der Waals surface area contributed by atoms with Crippen molar-refractivity contribution in [3.63, 3.8) is 0 Å². The van der Waals surface area contributed by atoms with Gasteiger partial charge in [0, 0.05) is 18.5 Å². The van der Waals surface area contributed by atoms with Gasteiger partial charge in [0.05, 0.1) is 12.1 Å². The fourth-order valence-electron chi connectivity index (χ4n) is 1.49. The standard InChI is InChI=1S/C13H11FN2O2/c14-10-1-2-12(17)11(8-10)16-13(18)7-9-3-5-15-6-4-9/h1-6,8,17H,7H2,(H,16,18). The van der Waals surface area contributed by atoms with Gasteiger partial charge >= 0.3 is 0 Å². The SMILES string of the molecule is O=C(Cc1ccncc1)Nc1cc(F)ccc1O. The van der Waals surface area contributed by atoms with Gasteiger partial charge in [0.2, 0.25) is 5.91 Å². The second-order valence-electron chi connectivity index (χ2n) is 3.74. The van der Waals surface area contributed by atoms with Gasteiger partial charge in [-0.25, -0.2) is 4.39 Å². The van der Waals surface area contributed by atoms with Crippen LogP contribution >= 0.6 is 0 Å². The molecular weight excluding hydrogens is 235 g/mol. The number of hydrogen-bond acceptors (Lipinski definition) is 3. The fourth-order valence-corrected chi connectivity index (χ4v) is 1.49. The highest BCUT2D eigenvalue weighted by molar-refractivity contribution is 5.93. The molecule has 4 nitrogen and oxygen atoms in total. The number of aromatic nitrogens is 1. The maximum absolute atomic E-state index is 13.0. The highest BCUT2D eigenvalue weighted by Gasteiger charge is 2.08.